The molecule has 0 bridgehead atoms. The van der Waals surface area contributed by atoms with Crippen LogP contribution in [0.25, 0.3) is 0 Å². The molecule has 1 aliphatic rings. The van der Waals surface area contributed by atoms with E-state index in [0.717, 1.165) is 6.42 Å². The summed E-state index contributed by atoms with van der Waals surface area (Å²) in [7, 11) is 0. The van der Waals surface area contributed by atoms with Crippen molar-refractivity contribution >= 4 is 0 Å². The summed E-state index contributed by atoms with van der Waals surface area (Å²) in [6, 6.07) is 0. The van der Waals surface area contributed by atoms with Crippen molar-refractivity contribution in [2.24, 2.45) is 5.41 Å². The monoisotopic (exact) mass is 114 g/mol. The molecule has 0 aromatic heterocycles. The molecule has 1 fully saturated rings. The van der Waals surface area contributed by atoms with Crippen LogP contribution in [0.5, 0.6) is 0 Å². The van der Waals surface area contributed by atoms with Gasteiger partial charge in [0, 0.05) is 0 Å². The van der Waals surface area contributed by atoms with Crippen LogP contribution in [-0.4, -0.2) is 11.2 Å². The zero-order valence-electron chi connectivity index (χ0n) is 5.65. The van der Waals surface area contributed by atoms with E-state index >= 15 is 0 Å². The van der Waals surface area contributed by atoms with Crippen molar-refractivity contribution < 1.29 is 5.11 Å². The van der Waals surface area contributed by atoms with Crippen molar-refractivity contribution in [2.75, 3.05) is 0 Å². The van der Waals surface area contributed by atoms with Crippen molar-refractivity contribution in [1.82, 2.24) is 0 Å². The minimum atomic E-state index is -0.0949. The van der Waals surface area contributed by atoms with E-state index in [-0.39, 0.29) is 6.10 Å². The predicted molar refractivity (Wildman–Crippen MR) is 33.6 cm³/mol. The summed E-state index contributed by atoms with van der Waals surface area (Å²) in [5, 5.41) is 8.93. The molecule has 0 radical (unpaired) electrons. The second kappa shape index (κ2) is 1.73. The highest BCUT2D eigenvalue weighted by atomic mass is 16.3. The maximum Gasteiger partial charge on any atom is 0.0517 e. The molecule has 1 aliphatic carbocycles. The fourth-order valence-corrected chi connectivity index (χ4v) is 1.13. The maximum atomic E-state index is 8.93. The van der Waals surface area contributed by atoms with Crippen molar-refractivity contribution in [3.05, 3.63) is 0 Å². The van der Waals surface area contributed by atoms with Gasteiger partial charge in [0.1, 0.15) is 0 Å². The molecule has 48 valence electrons. The molecule has 0 aromatic rings. The SMILES string of the molecule is CC(O)CC1(C)CC1. The Morgan fingerprint density at radius 1 is 1.62 bits per heavy atom. The Kier molecular flexibility index (Phi) is 1.31. The first kappa shape index (κ1) is 6.09. The summed E-state index contributed by atoms with van der Waals surface area (Å²) in [6.45, 7) is 4.10. The fourth-order valence-electron chi connectivity index (χ4n) is 1.13. The van der Waals surface area contributed by atoms with Gasteiger partial charge in [0.2, 0.25) is 0 Å². The number of hydrogen-bond donors (Lipinski definition) is 1. The topological polar surface area (TPSA) is 20.2 Å². The summed E-state index contributed by atoms with van der Waals surface area (Å²) < 4.78 is 0. The summed E-state index contributed by atoms with van der Waals surface area (Å²) >= 11 is 0. The van der Waals surface area contributed by atoms with E-state index in [9.17, 15) is 0 Å². The first-order chi connectivity index (χ1) is 3.62. The van der Waals surface area contributed by atoms with Crippen LogP contribution in [0.2, 0.25) is 0 Å². The minimum absolute atomic E-state index is 0.0949. The van der Waals surface area contributed by atoms with Crippen LogP contribution in [0.4, 0.5) is 0 Å². The maximum absolute atomic E-state index is 8.93. The Hall–Kier alpha value is -0.0400. The number of rotatable bonds is 2. The van der Waals surface area contributed by atoms with Crippen molar-refractivity contribution in [3.63, 3.8) is 0 Å². The zero-order chi connectivity index (χ0) is 6.20. The van der Waals surface area contributed by atoms with E-state index < -0.39 is 0 Å². The lowest BCUT2D eigenvalue weighted by Gasteiger charge is -2.08. The van der Waals surface area contributed by atoms with Gasteiger partial charge < -0.3 is 5.11 Å². The van der Waals surface area contributed by atoms with Gasteiger partial charge in [-0.2, -0.15) is 0 Å². The Morgan fingerprint density at radius 2 is 2.12 bits per heavy atom. The molecule has 1 unspecified atom stereocenters. The summed E-state index contributed by atoms with van der Waals surface area (Å²) in [5.74, 6) is 0. The van der Waals surface area contributed by atoms with Gasteiger partial charge in [0.15, 0.2) is 0 Å². The van der Waals surface area contributed by atoms with Crippen LogP contribution in [-0.2, 0) is 0 Å². The highest BCUT2D eigenvalue weighted by molar-refractivity contribution is 4.89. The van der Waals surface area contributed by atoms with Crippen LogP contribution in [0, 0.1) is 5.41 Å². The first-order valence-corrected chi connectivity index (χ1v) is 3.30. The second-order valence-electron chi connectivity index (χ2n) is 3.36. The Bertz CT molecular complexity index is 82.4. The van der Waals surface area contributed by atoms with Crippen LogP contribution in [0.15, 0.2) is 0 Å². The van der Waals surface area contributed by atoms with Crippen molar-refractivity contribution in [2.45, 2.75) is 39.2 Å². The van der Waals surface area contributed by atoms with Crippen LogP contribution < -0.4 is 0 Å². The Labute approximate surface area is 50.7 Å². The van der Waals surface area contributed by atoms with Gasteiger partial charge >= 0.3 is 0 Å². The summed E-state index contributed by atoms with van der Waals surface area (Å²) in [6.07, 6.45) is 3.53. The van der Waals surface area contributed by atoms with Crippen LogP contribution in [0.3, 0.4) is 0 Å². The van der Waals surface area contributed by atoms with Gasteiger partial charge in [-0.25, -0.2) is 0 Å². The molecule has 1 N–H and O–H groups in total. The van der Waals surface area contributed by atoms with E-state index in [4.69, 9.17) is 5.11 Å². The van der Waals surface area contributed by atoms with Gasteiger partial charge in [0.05, 0.1) is 6.10 Å². The number of aliphatic hydroxyl groups excluding tert-OH is 1. The standard InChI is InChI=1S/C7H14O/c1-6(8)5-7(2)3-4-7/h6,8H,3-5H2,1-2H3. The molecule has 0 amide bonds. The van der Waals surface area contributed by atoms with E-state index in [2.05, 4.69) is 6.92 Å². The van der Waals surface area contributed by atoms with Crippen molar-refractivity contribution in [3.8, 4) is 0 Å². The van der Waals surface area contributed by atoms with E-state index in [1.54, 1.807) is 0 Å². The molecule has 1 saturated carbocycles. The zero-order valence-corrected chi connectivity index (χ0v) is 5.65. The summed E-state index contributed by atoms with van der Waals surface area (Å²) in [4.78, 5) is 0. The highest BCUT2D eigenvalue weighted by Crippen LogP contribution is 2.48. The number of hydrogen-bond acceptors (Lipinski definition) is 1. The normalized spacial score (nSPS) is 27.4. The lowest BCUT2D eigenvalue weighted by molar-refractivity contribution is 0.159. The molecular weight excluding hydrogens is 100 g/mol. The van der Waals surface area contributed by atoms with Crippen LogP contribution in [0.1, 0.15) is 33.1 Å². The van der Waals surface area contributed by atoms with Gasteiger partial charge in [0.25, 0.3) is 0 Å². The van der Waals surface area contributed by atoms with Crippen molar-refractivity contribution in [1.29, 1.82) is 0 Å². The quantitative estimate of drug-likeness (QED) is 0.577. The predicted octanol–water partition coefficient (Wildman–Crippen LogP) is 1.56. The molecule has 1 atom stereocenters. The van der Waals surface area contributed by atoms with Crippen LogP contribution >= 0.6 is 0 Å². The molecule has 0 saturated heterocycles. The minimum Gasteiger partial charge on any atom is -0.393 e. The molecule has 1 rings (SSSR count). The Morgan fingerprint density at radius 3 is 2.25 bits per heavy atom. The molecular formula is C7H14O. The third-order valence-corrected chi connectivity index (χ3v) is 1.89. The second-order valence-corrected chi connectivity index (χ2v) is 3.36. The van der Waals surface area contributed by atoms with E-state index in [1.807, 2.05) is 6.92 Å². The van der Waals surface area contributed by atoms with Gasteiger partial charge in [-0.3, -0.25) is 0 Å². The van der Waals surface area contributed by atoms with Gasteiger partial charge in [-0.1, -0.05) is 6.92 Å². The molecule has 0 aliphatic heterocycles. The summed E-state index contributed by atoms with van der Waals surface area (Å²) in [5.41, 5.74) is 0.522. The number of aliphatic hydroxyl groups is 1. The first-order valence-electron chi connectivity index (χ1n) is 3.30. The molecule has 8 heavy (non-hydrogen) atoms. The van der Waals surface area contributed by atoms with E-state index in [1.165, 1.54) is 12.8 Å². The molecule has 0 aromatic carbocycles. The average molecular weight is 114 g/mol. The molecule has 1 nitrogen and oxygen atoms in total. The highest BCUT2D eigenvalue weighted by Gasteiger charge is 2.37. The lowest BCUT2D eigenvalue weighted by atomic mass is 10.0. The molecule has 0 spiro atoms. The Balaban J connectivity index is 2.19. The molecule has 0 heterocycles. The smallest absolute Gasteiger partial charge is 0.0517 e. The van der Waals surface area contributed by atoms with Gasteiger partial charge in [-0.15, -0.1) is 0 Å². The fraction of sp³-hybridized carbons (Fsp3) is 1.00. The molecule has 1 heteroatoms. The lowest BCUT2D eigenvalue weighted by Crippen LogP contribution is -2.06. The third-order valence-electron chi connectivity index (χ3n) is 1.89. The third kappa shape index (κ3) is 1.48. The van der Waals surface area contributed by atoms with Gasteiger partial charge in [-0.05, 0) is 31.6 Å². The average Bonchev–Trinajstić information content (AvgIpc) is 2.17. The van der Waals surface area contributed by atoms with E-state index in [0.29, 0.717) is 5.41 Å². The largest absolute Gasteiger partial charge is 0.393 e.